The number of aliphatic carboxylic acids is 1. The van der Waals surface area contributed by atoms with E-state index in [9.17, 15) is 9.59 Å². The van der Waals surface area contributed by atoms with Crippen molar-refractivity contribution in [2.75, 3.05) is 7.05 Å². The number of carboxylic acid groups (broad SMARTS) is 1. The van der Waals surface area contributed by atoms with Crippen LogP contribution in [0.1, 0.15) is 31.4 Å². The number of benzene rings is 2. The van der Waals surface area contributed by atoms with Gasteiger partial charge in [0.15, 0.2) is 0 Å². The molecule has 0 spiro atoms. The average molecular weight is 367 g/mol. The molecule has 5 heteroatoms. The summed E-state index contributed by atoms with van der Waals surface area (Å²) in [6.45, 7) is 4.26. The lowest BCUT2D eigenvalue weighted by atomic mass is 10.0. The summed E-state index contributed by atoms with van der Waals surface area (Å²) >= 11 is 0. The molecule has 27 heavy (non-hydrogen) atoms. The lowest BCUT2D eigenvalue weighted by Gasteiger charge is -2.10. The van der Waals surface area contributed by atoms with Crippen LogP contribution in [-0.2, 0) is 20.9 Å². The maximum atomic E-state index is 12.1. The van der Waals surface area contributed by atoms with Crippen LogP contribution >= 0.6 is 0 Å². The Morgan fingerprint density at radius 3 is 2.41 bits per heavy atom. The fourth-order valence-electron chi connectivity index (χ4n) is 2.67. The van der Waals surface area contributed by atoms with Crippen molar-refractivity contribution in [3.05, 3.63) is 65.2 Å². The Hall–Kier alpha value is -2.92. The number of carbonyl (C=O) groups is 2. The first kappa shape index (κ1) is 20.4. The summed E-state index contributed by atoms with van der Waals surface area (Å²) < 4.78 is 5.14. The van der Waals surface area contributed by atoms with Gasteiger partial charge in [0, 0.05) is 12.1 Å². The molecule has 0 radical (unpaired) electrons. The fourth-order valence-corrected chi connectivity index (χ4v) is 2.67. The Balaban J connectivity index is 2.25. The standard InChI is InChI=1S/C22H25NO4/c1-15(2)27-22(26)20(13-21(24)25)11-16-7-9-18(10-8-16)19-6-4-5-17(12-19)14-23-3/h4-12,15,23H,13-14H2,1-3H3,(H,24,25). The number of carbonyl (C=O) groups excluding carboxylic acids is 1. The molecule has 0 heterocycles. The van der Waals surface area contributed by atoms with Crippen molar-refractivity contribution in [2.24, 2.45) is 0 Å². The minimum absolute atomic E-state index is 0.125. The molecule has 2 aromatic carbocycles. The van der Waals surface area contributed by atoms with Crippen molar-refractivity contribution < 1.29 is 19.4 Å². The van der Waals surface area contributed by atoms with Crippen molar-refractivity contribution in [3.63, 3.8) is 0 Å². The van der Waals surface area contributed by atoms with E-state index in [0.717, 1.165) is 23.2 Å². The summed E-state index contributed by atoms with van der Waals surface area (Å²) in [5.74, 6) is -1.67. The van der Waals surface area contributed by atoms with Crippen LogP contribution in [0.2, 0.25) is 0 Å². The van der Waals surface area contributed by atoms with Gasteiger partial charge in [-0.15, -0.1) is 0 Å². The number of ether oxygens (including phenoxy) is 1. The average Bonchev–Trinajstić information content (AvgIpc) is 2.61. The molecule has 0 fully saturated rings. The first-order chi connectivity index (χ1) is 12.9. The summed E-state index contributed by atoms with van der Waals surface area (Å²) in [5.41, 5.74) is 4.22. The number of hydrogen-bond donors (Lipinski definition) is 2. The second kappa shape index (κ2) is 9.69. The number of esters is 1. The molecule has 0 amide bonds. The second-order valence-corrected chi connectivity index (χ2v) is 6.55. The summed E-state index contributed by atoms with van der Waals surface area (Å²) in [6, 6.07) is 15.9. The highest BCUT2D eigenvalue weighted by molar-refractivity contribution is 5.98. The van der Waals surface area contributed by atoms with Crippen LogP contribution in [0.3, 0.4) is 0 Å². The van der Waals surface area contributed by atoms with Crippen LogP contribution in [0.4, 0.5) is 0 Å². The SMILES string of the molecule is CNCc1cccc(-c2ccc(C=C(CC(=O)O)C(=O)OC(C)C)cc2)c1. The molecule has 0 saturated carbocycles. The quantitative estimate of drug-likeness (QED) is 0.547. The van der Waals surface area contributed by atoms with Crippen LogP contribution in [0.25, 0.3) is 17.2 Å². The monoisotopic (exact) mass is 367 g/mol. The van der Waals surface area contributed by atoms with E-state index in [1.165, 1.54) is 5.56 Å². The van der Waals surface area contributed by atoms with Gasteiger partial charge in [0.05, 0.1) is 12.5 Å². The zero-order chi connectivity index (χ0) is 19.8. The Morgan fingerprint density at radius 2 is 1.81 bits per heavy atom. The first-order valence-electron chi connectivity index (χ1n) is 8.86. The summed E-state index contributed by atoms with van der Waals surface area (Å²) in [4.78, 5) is 23.2. The molecular weight excluding hydrogens is 342 g/mol. The molecular formula is C22H25NO4. The van der Waals surface area contributed by atoms with Gasteiger partial charge in [-0.25, -0.2) is 4.79 Å². The van der Waals surface area contributed by atoms with Gasteiger partial charge in [-0.3, -0.25) is 4.79 Å². The lowest BCUT2D eigenvalue weighted by Crippen LogP contribution is -2.15. The van der Waals surface area contributed by atoms with Crippen molar-refractivity contribution >= 4 is 18.0 Å². The van der Waals surface area contributed by atoms with Gasteiger partial charge in [-0.2, -0.15) is 0 Å². The van der Waals surface area contributed by atoms with Crippen LogP contribution in [-0.4, -0.2) is 30.2 Å². The molecule has 0 aliphatic rings. The molecule has 0 aliphatic carbocycles. The van der Waals surface area contributed by atoms with Gasteiger partial charge >= 0.3 is 11.9 Å². The van der Waals surface area contributed by atoms with Crippen LogP contribution in [0.15, 0.2) is 54.1 Å². The van der Waals surface area contributed by atoms with Gasteiger partial charge < -0.3 is 15.2 Å². The van der Waals surface area contributed by atoms with E-state index in [-0.39, 0.29) is 18.1 Å². The molecule has 0 bridgehead atoms. The smallest absolute Gasteiger partial charge is 0.334 e. The lowest BCUT2D eigenvalue weighted by molar-refractivity contribution is -0.145. The number of carboxylic acids is 1. The highest BCUT2D eigenvalue weighted by atomic mass is 16.5. The molecule has 0 unspecified atom stereocenters. The molecule has 142 valence electrons. The summed E-state index contributed by atoms with van der Waals surface area (Å²) in [6.07, 6.45) is 0.890. The topological polar surface area (TPSA) is 75.6 Å². The van der Waals surface area contributed by atoms with E-state index in [4.69, 9.17) is 9.84 Å². The summed E-state index contributed by atoms with van der Waals surface area (Å²) in [7, 11) is 1.91. The number of nitrogens with one attached hydrogen (secondary N) is 1. The number of hydrogen-bond acceptors (Lipinski definition) is 4. The van der Waals surface area contributed by atoms with E-state index in [1.54, 1.807) is 19.9 Å². The van der Waals surface area contributed by atoms with Crippen LogP contribution < -0.4 is 5.32 Å². The minimum atomic E-state index is -1.07. The van der Waals surface area contributed by atoms with Crippen molar-refractivity contribution in [1.29, 1.82) is 0 Å². The largest absolute Gasteiger partial charge is 0.481 e. The Kier molecular flexibility index (Phi) is 7.32. The molecule has 2 rings (SSSR count). The summed E-state index contributed by atoms with van der Waals surface area (Å²) in [5, 5.41) is 12.2. The van der Waals surface area contributed by atoms with Crippen LogP contribution in [0, 0.1) is 0 Å². The van der Waals surface area contributed by atoms with Crippen molar-refractivity contribution in [1.82, 2.24) is 5.32 Å². The first-order valence-corrected chi connectivity index (χ1v) is 8.86. The Morgan fingerprint density at radius 1 is 1.11 bits per heavy atom. The van der Waals surface area contributed by atoms with Crippen molar-refractivity contribution in [2.45, 2.75) is 32.9 Å². The second-order valence-electron chi connectivity index (χ2n) is 6.55. The van der Waals surface area contributed by atoms with Gasteiger partial charge in [-0.05, 0) is 55.3 Å². The van der Waals surface area contributed by atoms with Gasteiger partial charge in [0.25, 0.3) is 0 Å². The van der Waals surface area contributed by atoms with E-state index in [0.29, 0.717) is 0 Å². The zero-order valence-corrected chi connectivity index (χ0v) is 15.9. The zero-order valence-electron chi connectivity index (χ0n) is 15.9. The van der Waals surface area contributed by atoms with Crippen LogP contribution in [0.5, 0.6) is 0 Å². The molecule has 2 aromatic rings. The number of rotatable bonds is 8. The van der Waals surface area contributed by atoms with Crippen molar-refractivity contribution in [3.8, 4) is 11.1 Å². The Labute approximate surface area is 159 Å². The normalized spacial score (nSPS) is 11.5. The van der Waals surface area contributed by atoms with E-state index < -0.39 is 11.9 Å². The Bertz CT molecular complexity index is 822. The van der Waals surface area contributed by atoms with Gasteiger partial charge in [0.2, 0.25) is 0 Å². The third kappa shape index (κ3) is 6.38. The van der Waals surface area contributed by atoms with E-state index >= 15 is 0 Å². The van der Waals surface area contributed by atoms with E-state index in [2.05, 4.69) is 17.4 Å². The third-order valence-electron chi connectivity index (χ3n) is 3.84. The molecule has 0 aliphatic heterocycles. The predicted octanol–water partition coefficient (Wildman–Crippen LogP) is 3.88. The molecule has 0 atom stereocenters. The fraction of sp³-hybridized carbons (Fsp3) is 0.273. The van der Waals surface area contributed by atoms with E-state index in [1.807, 2.05) is 43.4 Å². The highest BCUT2D eigenvalue weighted by Crippen LogP contribution is 2.22. The maximum Gasteiger partial charge on any atom is 0.334 e. The van der Waals surface area contributed by atoms with Gasteiger partial charge in [0.1, 0.15) is 0 Å². The minimum Gasteiger partial charge on any atom is -0.481 e. The highest BCUT2D eigenvalue weighted by Gasteiger charge is 2.16. The molecule has 0 aromatic heterocycles. The molecule has 2 N–H and O–H groups in total. The third-order valence-corrected chi connectivity index (χ3v) is 3.84. The molecule has 5 nitrogen and oxygen atoms in total. The maximum absolute atomic E-state index is 12.1. The van der Waals surface area contributed by atoms with Gasteiger partial charge in [-0.1, -0.05) is 42.5 Å². The predicted molar refractivity (Wildman–Crippen MR) is 106 cm³/mol. The molecule has 0 saturated heterocycles.